The molecule has 0 spiro atoms. The van der Waals surface area contributed by atoms with Crippen LogP contribution in [0.2, 0.25) is 0 Å². The lowest BCUT2D eigenvalue weighted by molar-refractivity contribution is -0.663. The average molecular weight is 537 g/mol. The van der Waals surface area contributed by atoms with Gasteiger partial charge in [-0.15, -0.1) is 0 Å². The number of aromatic nitrogens is 2. The molecule has 0 saturated heterocycles. The monoisotopic (exact) mass is 536 g/mol. The number of rotatable bonds is 5. The molecule has 0 aliphatic carbocycles. The minimum absolute atomic E-state index is 0. The van der Waals surface area contributed by atoms with Crippen molar-refractivity contribution in [3.63, 3.8) is 0 Å². The number of ether oxygens (including phenoxy) is 1. The first kappa shape index (κ1) is 23.8. The molecule has 0 atom stereocenters. The first-order valence-electron chi connectivity index (χ1n) is 11.7. The van der Waals surface area contributed by atoms with Gasteiger partial charge in [0, 0.05) is 6.07 Å². The van der Waals surface area contributed by atoms with Gasteiger partial charge in [-0.1, -0.05) is 72.8 Å². The summed E-state index contributed by atoms with van der Waals surface area (Å²) in [5.74, 6) is -0.327. The van der Waals surface area contributed by atoms with Crippen molar-refractivity contribution in [2.45, 2.75) is 13.1 Å². The van der Waals surface area contributed by atoms with Crippen molar-refractivity contribution >= 4 is 38.5 Å². The van der Waals surface area contributed by atoms with Crippen LogP contribution in [-0.4, -0.2) is 17.6 Å². The maximum Gasteiger partial charge on any atom is 0.338 e. The molecule has 1 aromatic heterocycles. The fourth-order valence-corrected chi connectivity index (χ4v) is 4.85. The third-order valence-electron chi connectivity index (χ3n) is 6.63. The van der Waals surface area contributed by atoms with Crippen LogP contribution in [0.3, 0.4) is 0 Å². The van der Waals surface area contributed by atoms with Crippen LogP contribution in [0.5, 0.6) is 0 Å². The first-order valence-corrected chi connectivity index (χ1v) is 11.7. The minimum Gasteiger partial charge on any atom is -1.00 e. The summed E-state index contributed by atoms with van der Waals surface area (Å²) >= 11 is 0. The Labute approximate surface area is 220 Å². The second kappa shape index (κ2) is 9.96. The van der Waals surface area contributed by atoms with E-state index in [0.29, 0.717) is 12.1 Å². The van der Waals surface area contributed by atoms with Crippen molar-refractivity contribution in [2.24, 2.45) is 0 Å². The number of hydrogen-bond acceptors (Lipinski definition) is 2. The van der Waals surface area contributed by atoms with Gasteiger partial charge < -0.3 is 21.7 Å². The van der Waals surface area contributed by atoms with Crippen LogP contribution in [0.25, 0.3) is 32.6 Å². The highest BCUT2D eigenvalue weighted by Crippen LogP contribution is 2.21. The zero-order chi connectivity index (χ0) is 23.8. The number of imidazole rings is 1. The molecule has 0 aliphatic heterocycles. The number of hydrogen-bond donors (Lipinski definition) is 0. The smallest absolute Gasteiger partial charge is 0.338 e. The topological polar surface area (TPSA) is 35.1 Å². The SMILES string of the molecule is COC(=O)c1ccc2c(c1)n(Cc1ccc3ccccc3c1)c[n+]2Cc1ccc2ccccc2c1.[Br-]. The summed E-state index contributed by atoms with van der Waals surface area (Å²) < 4.78 is 9.45. The number of carbonyl (C=O) groups is 1. The van der Waals surface area contributed by atoms with Crippen molar-refractivity contribution in [2.75, 3.05) is 7.11 Å². The second-order valence-corrected chi connectivity index (χ2v) is 8.93. The fraction of sp³-hybridized carbons (Fsp3) is 0.0968. The van der Waals surface area contributed by atoms with E-state index in [2.05, 4.69) is 100 Å². The lowest BCUT2D eigenvalue weighted by Gasteiger charge is -2.03. The van der Waals surface area contributed by atoms with Gasteiger partial charge in [-0.3, -0.25) is 0 Å². The quantitative estimate of drug-likeness (QED) is 0.250. The number of halogens is 1. The van der Waals surface area contributed by atoms with Gasteiger partial charge in [0.05, 0.1) is 12.7 Å². The highest BCUT2D eigenvalue weighted by atomic mass is 79.9. The average Bonchev–Trinajstić information content (AvgIpc) is 3.24. The number of carbonyl (C=O) groups excluding carboxylic acids is 1. The predicted molar refractivity (Wildman–Crippen MR) is 140 cm³/mol. The Morgan fingerprint density at radius 3 is 2.03 bits per heavy atom. The molecular formula is C31H25BrN2O2. The molecule has 0 bridgehead atoms. The Kier molecular flexibility index (Phi) is 6.57. The zero-order valence-electron chi connectivity index (χ0n) is 19.9. The molecule has 36 heavy (non-hydrogen) atoms. The molecule has 0 amide bonds. The molecule has 6 rings (SSSR count). The number of nitrogens with zero attached hydrogens (tertiary/aromatic N) is 2. The molecule has 0 fully saturated rings. The predicted octanol–water partition coefficient (Wildman–Crippen LogP) is 3.12. The van der Waals surface area contributed by atoms with E-state index in [9.17, 15) is 4.79 Å². The molecule has 0 saturated carbocycles. The van der Waals surface area contributed by atoms with Crippen LogP contribution in [0.15, 0.2) is 109 Å². The lowest BCUT2D eigenvalue weighted by atomic mass is 10.1. The Hall–Kier alpha value is -3.96. The van der Waals surface area contributed by atoms with Gasteiger partial charge in [-0.05, 0) is 56.9 Å². The van der Waals surface area contributed by atoms with Crippen molar-refractivity contribution in [3.8, 4) is 0 Å². The summed E-state index contributed by atoms with van der Waals surface area (Å²) in [5, 5.41) is 4.93. The third kappa shape index (κ3) is 4.50. The van der Waals surface area contributed by atoms with Crippen LogP contribution >= 0.6 is 0 Å². The maximum atomic E-state index is 12.3. The summed E-state index contributed by atoms with van der Waals surface area (Å²) in [7, 11) is 1.42. The first-order chi connectivity index (χ1) is 17.2. The molecule has 4 nitrogen and oxygen atoms in total. The minimum atomic E-state index is -0.327. The van der Waals surface area contributed by atoms with E-state index < -0.39 is 0 Å². The Morgan fingerprint density at radius 1 is 0.750 bits per heavy atom. The molecule has 0 unspecified atom stereocenters. The van der Waals surface area contributed by atoms with Crippen LogP contribution in [0.4, 0.5) is 0 Å². The Balaban J connectivity index is 0.00000267. The Bertz CT molecular complexity index is 1720. The molecular weight excluding hydrogens is 512 g/mol. The summed E-state index contributed by atoms with van der Waals surface area (Å²) in [5.41, 5.74) is 5.07. The molecule has 178 valence electrons. The van der Waals surface area contributed by atoms with E-state index in [4.69, 9.17) is 4.74 Å². The van der Waals surface area contributed by atoms with Crippen LogP contribution in [-0.2, 0) is 17.8 Å². The number of esters is 1. The van der Waals surface area contributed by atoms with Crippen LogP contribution in [0.1, 0.15) is 21.5 Å². The molecule has 1 heterocycles. The van der Waals surface area contributed by atoms with Gasteiger partial charge in [0.1, 0.15) is 13.1 Å². The van der Waals surface area contributed by atoms with Gasteiger partial charge in [0.2, 0.25) is 6.33 Å². The Morgan fingerprint density at radius 2 is 1.36 bits per heavy atom. The van der Waals surface area contributed by atoms with Gasteiger partial charge in [0.25, 0.3) is 0 Å². The van der Waals surface area contributed by atoms with Crippen LogP contribution < -0.4 is 21.5 Å². The largest absolute Gasteiger partial charge is 1.00 e. The number of fused-ring (bicyclic) bond motifs is 3. The van der Waals surface area contributed by atoms with Crippen molar-refractivity contribution in [1.82, 2.24) is 4.57 Å². The fourth-order valence-electron chi connectivity index (χ4n) is 4.85. The van der Waals surface area contributed by atoms with Crippen LogP contribution in [0, 0.1) is 0 Å². The number of benzene rings is 5. The normalized spacial score (nSPS) is 11.0. The zero-order valence-corrected chi connectivity index (χ0v) is 21.5. The van der Waals surface area contributed by atoms with E-state index in [1.54, 1.807) is 0 Å². The highest BCUT2D eigenvalue weighted by molar-refractivity contribution is 5.93. The molecule has 6 aromatic rings. The molecule has 0 aliphatic rings. The van der Waals surface area contributed by atoms with Crippen molar-refractivity contribution in [3.05, 3.63) is 126 Å². The summed E-state index contributed by atoms with van der Waals surface area (Å²) in [6, 6.07) is 35.8. The number of methoxy groups -OCH3 is 1. The maximum absolute atomic E-state index is 12.3. The van der Waals surface area contributed by atoms with E-state index in [1.165, 1.54) is 39.8 Å². The van der Waals surface area contributed by atoms with Gasteiger partial charge in [0.15, 0.2) is 11.0 Å². The van der Waals surface area contributed by atoms with E-state index >= 15 is 0 Å². The highest BCUT2D eigenvalue weighted by Gasteiger charge is 2.19. The molecule has 5 aromatic carbocycles. The summed E-state index contributed by atoms with van der Waals surface area (Å²) in [6.07, 6.45) is 2.15. The molecule has 5 heteroatoms. The standard InChI is InChI=1S/C31H25N2O2.BrH/c1-35-31(34)28-14-15-29-30(18-28)33(20-23-11-13-25-7-3-5-9-27(25)17-23)21-32(29)19-22-10-12-24-6-2-4-8-26(24)16-22;/h2-18,21H,19-20H2,1H3;1H/q+1;/p-1. The summed E-state index contributed by atoms with van der Waals surface area (Å²) in [4.78, 5) is 12.3. The molecule has 0 radical (unpaired) electrons. The van der Waals surface area contributed by atoms with E-state index in [1.807, 2.05) is 18.2 Å². The third-order valence-corrected chi connectivity index (χ3v) is 6.63. The lowest BCUT2D eigenvalue weighted by Crippen LogP contribution is -3.00. The van der Waals surface area contributed by atoms with Crippen molar-refractivity contribution in [1.29, 1.82) is 0 Å². The van der Waals surface area contributed by atoms with Gasteiger partial charge in [-0.25, -0.2) is 13.9 Å². The van der Waals surface area contributed by atoms with Gasteiger partial charge in [-0.2, -0.15) is 0 Å². The second-order valence-electron chi connectivity index (χ2n) is 8.93. The van der Waals surface area contributed by atoms with Gasteiger partial charge >= 0.3 is 5.97 Å². The summed E-state index contributed by atoms with van der Waals surface area (Å²) in [6.45, 7) is 1.44. The van der Waals surface area contributed by atoms with E-state index in [0.717, 1.165) is 17.6 Å². The molecule has 0 N–H and O–H groups in total. The van der Waals surface area contributed by atoms with E-state index in [-0.39, 0.29) is 23.0 Å². The van der Waals surface area contributed by atoms with Crippen molar-refractivity contribution < 1.29 is 31.1 Å².